The van der Waals surface area contributed by atoms with E-state index >= 15 is 0 Å². The Balaban J connectivity index is 2.48. The van der Waals surface area contributed by atoms with Crippen LogP contribution in [0.3, 0.4) is 0 Å². The van der Waals surface area contributed by atoms with Crippen molar-refractivity contribution in [2.75, 3.05) is 0 Å². The summed E-state index contributed by atoms with van der Waals surface area (Å²) < 4.78 is 0.861. The van der Waals surface area contributed by atoms with Crippen LogP contribution in [-0.4, -0.2) is 16.7 Å². The molecule has 1 amide bonds. The molecule has 1 aromatic heterocycles. The standard InChI is InChI=1S/C11H7N3O2S/c12-5-6(9(15)10(13)16)11-14-7-3-1-2-4-8(7)17-11/h1-4,6H,(H2,13,16)/t6-/m1/s1. The van der Waals surface area contributed by atoms with E-state index in [9.17, 15) is 9.59 Å². The molecule has 0 saturated carbocycles. The lowest BCUT2D eigenvalue weighted by atomic mass is 10.1. The molecule has 0 unspecified atom stereocenters. The second kappa shape index (κ2) is 4.31. The summed E-state index contributed by atoms with van der Waals surface area (Å²) in [5, 5.41) is 9.22. The van der Waals surface area contributed by atoms with Gasteiger partial charge in [-0.2, -0.15) is 5.26 Å². The predicted molar refractivity (Wildman–Crippen MR) is 62.2 cm³/mol. The van der Waals surface area contributed by atoms with Crippen LogP contribution in [0.5, 0.6) is 0 Å². The molecular weight excluding hydrogens is 238 g/mol. The van der Waals surface area contributed by atoms with Gasteiger partial charge in [0.2, 0.25) is 5.78 Å². The molecule has 1 heterocycles. The fourth-order valence-corrected chi connectivity index (χ4v) is 2.39. The first-order valence-corrected chi connectivity index (χ1v) is 5.54. The number of Topliss-reactive ketones (excluding diaryl/α,β-unsaturated/α-hetero) is 1. The van der Waals surface area contributed by atoms with E-state index < -0.39 is 17.6 Å². The lowest BCUT2D eigenvalue weighted by molar-refractivity contribution is -0.136. The number of benzene rings is 1. The summed E-state index contributed by atoms with van der Waals surface area (Å²) in [6.07, 6.45) is 0. The highest BCUT2D eigenvalue weighted by Gasteiger charge is 2.27. The number of hydrogen-bond acceptors (Lipinski definition) is 5. The van der Waals surface area contributed by atoms with Gasteiger partial charge in [-0.1, -0.05) is 12.1 Å². The quantitative estimate of drug-likeness (QED) is 0.814. The minimum atomic E-state index is -1.20. The summed E-state index contributed by atoms with van der Waals surface area (Å²) >= 11 is 1.21. The number of thiazole rings is 1. The van der Waals surface area contributed by atoms with Crippen LogP contribution in [0.1, 0.15) is 10.9 Å². The number of amides is 1. The molecule has 0 aliphatic heterocycles. The summed E-state index contributed by atoms with van der Waals surface area (Å²) in [6.45, 7) is 0. The minimum Gasteiger partial charge on any atom is -0.363 e. The summed E-state index contributed by atoms with van der Waals surface area (Å²) in [7, 11) is 0. The van der Waals surface area contributed by atoms with Gasteiger partial charge in [0.15, 0.2) is 5.92 Å². The number of fused-ring (bicyclic) bond motifs is 1. The zero-order valence-corrected chi connectivity index (χ0v) is 9.40. The molecule has 0 saturated heterocycles. The predicted octanol–water partition coefficient (Wildman–Crippen LogP) is 0.958. The Morgan fingerprint density at radius 2 is 2.12 bits per heavy atom. The topological polar surface area (TPSA) is 96.8 Å². The van der Waals surface area contributed by atoms with Gasteiger partial charge in [-0.05, 0) is 12.1 Å². The molecule has 5 nitrogen and oxygen atoms in total. The highest BCUT2D eigenvalue weighted by molar-refractivity contribution is 7.18. The molecule has 2 aromatic rings. The maximum atomic E-state index is 11.4. The normalized spacial score (nSPS) is 11.9. The number of carbonyl (C=O) groups excluding carboxylic acids is 2. The van der Waals surface area contributed by atoms with Crippen LogP contribution in [0.25, 0.3) is 10.2 Å². The lowest BCUT2D eigenvalue weighted by Gasteiger charge is -1.99. The van der Waals surface area contributed by atoms with E-state index in [1.165, 1.54) is 11.3 Å². The van der Waals surface area contributed by atoms with E-state index in [2.05, 4.69) is 4.98 Å². The number of nitriles is 1. The van der Waals surface area contributed by atoms with Crippen LogP contribution in [0.4, 0.5) is 0 Å². The third-order valence-corrected chi connectivity index (χ3v) is 3.29. The smallest absolute Gasteiger partial charge is 0.286 e. The number of hydrogen-bond donors (Lipinski definition) is 1. The molecule has 0 aliphatic carbocycles. The monoisotopic (exact) mass is 245 g/mol. The molecule has 0 bridgehead atoms. The third kappa shape index (κ3) is 2.00. The van der Waals surface area contributed by atoms with Gasteiger partial charge < -0.3 is 5.73 Å². The SMILES string of the molecule is N#C[C@H](C(=O)C(N)=O)c1nc2ccccc2s1. The second-order valence-electron chi connectivity index (χ2n) is 3.31. The van der Waals surface area contributed by atoms with Crippen molar-refractivity contribution in [2.24, 2.45) is 5.73 Å². The molecule has 0 radical (unpaired) electrons. The van der Waals surface area contributed by atoms with Gasteiger partial charge in [0.05, 0.1) is 16.3 Å². The summed E-state index contributed by atoms with van der Waals surface area (Å²) in [4.78, 5) is 26.4. The Bertz CT molecular complexity index is 608. The average molecular weight is 245 g/mol. The second-order valence-corrected chi connectivity index (χ2v) is 4.37. The van der Waals surface area contributed by atoms with Gasteiger partial charge >= 0.3 is 0 Å². The molecule has 0 aliphatic rings. The highest BCUT2D eigenvalue weighted by Crippen LogP contribution is 2.27. The molecule has 2 N–H and O–H groups in total. The number of nitrogens with zero attached hydrogens (tertiary/aromatic N) is 2. The summed E-state index contributed by atoms with van der Waals surface area (Å²) in [6, 6.07) is 9.01. The lowest BCUT2D eigenvalue weighted by Crippen LogP contribution is -2.28. The summed E-state index contributed by atoms with van der Waals surface area (Å²) in [5.74, 6) is -3.24. The van der Waals surface area contributed by atoms with Gasteiger partial charge in [-0.25, -0.2) is 4.98 Å². The van der Waals surface area contributed by atoms with Gasteiger partial charge in [0.1, 0.15) is 5.01 Å². The number of aromatic nitrogens is 1. The molecule has 0 spiro atoms. The Kier molecular flexibility index (Phi) is 2.85. The Hall–Kier alpha value is -2.26. The number of ketones is 1. The van der Waals surface area contributed by atoms with Crippen LogP contribution in [0, 0.1) is 11.3 Å². The first kappa shape index (κ1) is 11.2. The van der Waals surface area contributed by atoms with Crippen molar-refractivity contribution in [2.45, 2.75) is 5.92 Å². The van der Waals surface area contributed by atoms with E-state index in [1.807, 2.05) is 18.2 Å². The fraction of sp³-hybridized carbons (Fsp3) is 0.0909. The van der Waals surface area contributed by atoms with Crippen LogP contribution in [-0.2, 0) is 9.59 Å². The molecule has 84 valence electrons. The van der Waals surface area contributed by atoms with Crippen molar-refractivity contribution in [1.82, 2.24) is 4.98 Å². The molecule has 17 heavy (non-hydrogen) atoms. The van der Waals surface area contributed by atoms with Crippen molar-refractivity contribution < 1.29 is 9.59 Å². The maximum absolute atomic E-state index is 11.4. The average Bonchev–Trinajstić information content (AvgIpc) is 2.72. The highest BCUT2D eigenvalue weighted by atomic mass is 32.1. The molecule has 6 heteroatoms. The Morgan fingerprint density at radius 1 is 1.41 bits per heavy atom. The Labute approximate surface area is 100 Å². The third-order valence-electron chi connectivity index (χ3n) is 2.19. The van der Waals surface area contributed by atoms with Crippen LogP contribution in [0.15, 0.2) is 24.3 Å². The van der Waals surface area contributed by atoms with Crippen molar-refractivity contribution in [3.05, 3.63) is 29.3 Å². The Morgan fingerprint density at radius 3 is 2.71 bits per heavy atom. The summed E-state index contributed by atoms with van der Waals surface area (Å²) in [5.41, 5.74) is 5.58. The fourth-order valence-electron chi connectivity index (χ4n) is 1.38. The van der Waals surface area contributed by atoms with Gasteiger partial charge in [0, 0.05) is 0 Å². The van der Waals surface area contributed by atoms with E-state index in [-0.39, 0.29) is 0 Å². The molecule has 2 rings (SSSR count). The van der Waals surface area contributed by atoms with Crippen molar-refractivity contribution in [3.63, 3.8) is 0 Å². The first-order chi connectivity index (χ1) is 8.13. The van der Waals surface area contributed by atoms with E-state index in [4.69, 9.17) is 11.0 Å². The maximum Gasteiger partial charge on any atom is 0.286 e. The number of rotatable bonds is 3. The van der Waals surface area contributed by atoms with Gasteiger partial charge in [-0.15, -0.1) is 11.3 Å². The van der Waals surface area contributed by atoms with Crippen LogP contribution in [0.2, 0.25) is 0 Å². The van der Waals surface area contributed by atoms with Crippen LogP contribution >= 0.6 is 11.3 Å². The number of para-hydroxylation sites is 1. The van der Waals surface area contributed by atoms with Gasteiger partial charge in [-0.3, -0.25) is 9.59 Å². The van der Waals surface area contributed by atoms with E-state index in [0.717, 1.165) is 4.70 Å². The first-order valence-electron chi connectivity index (χ1n) is 4.72. The van der Waals surface area contributed by atoms with Gasteiger partial charge in [0.25, 0.3) is 5.91 Å². The molecule has 1 aromatic carbocycles. The number of carbonyl (C=O) groups is 2. The van der Waals surface area contributed by atoms with Crippen molar-refractivity contribution >= 4 is 33.2 Å². The largest absolute Gasteiger partial charge is 0.363 e. The zero-order chi connectivity index (χ0) is 12.4. The molecule has 0 fully saturated rings. The van der Waals surface area contributed by atoms with Crippen LogP contribution < -0.4 is 5.73 Å². The van der Waals surface area contributed by atoms with E-state index in [1.54, 1.807) is 12.1 Å². The van der Waals surface area contributed by atoms with Crippen molar-refractivity contribution in [1.29, 1.82) is 5.26 Å². The number of nitrogens with two attached hydrogens (primary N) is 1. The number of primary amides is 1. The molecular formula is C11H7N3O2S. The molecule has 1 atom stereocenters. The van der Waals surface area contributed by atoms with Crippen molar-refractivity contribution in [3.8, 4) is 6.07 Å². The minimum absolute atomic E-state index is 0.303. The van der Waals surface area contributed by atoms with E-state index in [0.29, 0.717) is 10.5 Å². The zero-order valence-electron chi connectivity index (χ0n) is 8.58.